The van der Waals surface area contributed by atoms with Crippen LogP contribution in [0.15, 0.2) is 0 Å². The number of hydrogen-bond acceptors (Lipinski definition) is 2. The third-order valence-electron chi connectivity index (χ3n) is 3.03. The lowest BCUT2D eigenvalue weighted by Gasteiger charge is -2.23. The molecule has 0 radical (unpaired) electrons. The van der Waals surface area contributed by atoms with Gasteiger partial charge in [0.1, 0.15) is 6.10 Å². The van der Waals surface area contributed by atoms with Crippen molar-refractivity contribution in [1.82, 2.24) is 0 Å². The van der Waals surface area contributed by atoms with Gasteiger partial charge < -0.3 is 4.74 Å². The highest BCUT2D eigenvalue weighted by Gasteiger charge is 2.22. The number of ether oxygens (including phenoxy) is 1. The molecule has 0 spiro atoms. The summed E-state index contributed by atoms with van der Waals surface area (Å²) in [6.45, 7) is 1.98. The molecule has 0 aliphatic heterocycles. The Balaban J connectivity index is 2.35. The number of esters is 1. The number of terminal acetylenes is 1. The maximum absolute atomic E-state index is 11.7. The highest BCUT2D eigenvalue weighted by Crippen LogP contribution is 2.22. The van der Waals surface area contributed by atoms with Gasteiger partial charge in [0, 0.05) is 6.42 Å². The number of rotatable bonds is 4. The van der Waals surface area contributed by atoms with E-state index < -0.39 is 0 Å². The molecule has 2 heteroatoms. The Labute approximate surface area is 92.4 Å². The molecule has 0 N–H and O–H groups in total. The van der Waals surface area contributed by atoms with E-state index in [1.807, 2.05) is 6.92 Å². The highest BCUT2D eigenvalue weighted by atomic mass is 16.5. The lowest BCUT2D eigenvalue weighted by molar-refractivity contribution is -0.155. The van der Waals surface area contributed by atoms with E-state index in [0.717, 1.165) is 19.3 Å². The third kappa shape index (κ3) is 3.95. The molecule has 2 nitrogen and oxygen atoms in total. The van der Waals surface area contributed by atoms with Crippen LogP contribution in [0.2, 0.25) is 0 Å². The monoisotopic (exact) mass is 208 g/mol. The van der Waals surface area contributed by atoms with Crippen LogP contribution in [-0.4, -0.2) is 12.1 Å². The second-order valence-electron chi connectivity index (χ2n) is 4.21. The fraction of sp³-hybridized carbons (Fsp3) is 0.769. The normalized spacial score (nSPS) is 19.2. The summed E-state index contributed by atoms with van der Waals surface area (Å²) in [4.78, 5) is 11.7. The van der Waals surface area contributed by atoms with Crippen molar-refractivity contribution in [3.8, 4) is 12.3 Å². The average molecular weight is 208 g/mol. The fourth-order valence-electron chi connectivity index (χ4n) is 1.98. The van der Waals surface area contributed by atoms with Crippen LogP contribution in [0.5, 0.6) is 0 Å². The van der Waals surface area contributed by atoms with E-state index in [0.29, 0.717) is 6.42 Å². The first-order valence-corrected chi connectivity index (χ1v) is 5.91. The molecular weight excluding hydrogens is 188 g/mol. The van der Waals surface area contributed by atoms with Crippen LogP contribution in [0.4, 0.5) is 0 Å². The molecule has 1 aliphatic carbocycles. The zero-order valence-electron chi connectivity index (χ0n) is 9.50. The highest BCUT2D eigenvalue weighted by molar-refractivity contribution is 5.72. The second kappa shape index (κ2) is 6.50. The number of carbonyl (C=O) groups excluding carboxylic acids is 1. The number of hydrogen-bond donors (Lipinski definition) is 0. The van der Waals surface area contributed by atoms with Crippen LogP contribution >= 0.6 is 0 Å². The van der Waals surface area contributed by atoms with Gasteiger partial charge in [0.15, 0.2) is 0 Å². The maximum atomic E-state index is 11.7. The average Bonchev–Trinajstić information content (AvgIpc) is 2.27. The van der Waals surface area contributed by atoms with E-state index >= 15 is 0 Å². The van der Waals surface area contributed by atoms with Crippen LogP contribution in [0, 0.1) is 18.3 Å². The van der Waals surface area contributed by atoms with Gasteiger partial charge in [0.2, 0.25) is 0 Å². The zero-order chi connectivity index (χ0) is 11.1. The second-order valence-corrected chi connectivity index (χ2v) is 4.21. The van der Waals surface area contributed by atoms with E-state index in [2.05, 4.69) is 5.92 Å². The molecular formula is C13H20O2. The van der Waals surface area contributed by atoms with Crippen LogP contribution in [0.1, 0.15) is 51.9 Å². The molecule has 1 rings (SSSR count). The Bertz CT molecular complexity index is 233. The Hall–Kier alpha value is -0.970. The lowest BCUT2D eigenvalue weighted by atomic mass is 9.97. The Morgan fingerprint density at radius 1 is 1.47 bits per heavy atom. The number of carbonyl (C=O) groups is 1. The molecule has 0 heterocycles. The van der Waals surface area contributed by atoms with Crippen molar-refractivity contribution < 1.29 is 9.53 Å². The molecule has 0 amide bonds. The van der Waals surface area contributed by atoms with Gasteiger partial charge in [-0.3, -0.25) is 4.79 Å². The van der Waals surface area contributed by atoms with Crippen molar-refractivity contribution in [1.29, 1.82) is 0 Å². The predicted octanol–water partition coefficient (Wildman–Crippen LogP) is 2.91. The minimum Gasteiger partial charge on any atom is -0.462 e. The SMILES string of the molecule is C#CCC(CC)C(=O)OC1CCCCC1. The first-order valence-electron chi connectivity index (χ1n) is 5.91. The molecule has 1 unspecified atom stereocenters. The van der Waals surface area contributed by atoms with E-state index in [9.17, 15) is 4.79 Å². The van der Waals surface area contributed by atoms with Crippen molar-refractivity contribution in [2.45, 2.75) is 58.0 Å². The van der Waals surface area contributed by atoms with Crippen LogP contribution in [-0.2, 0) is 9.53 Å². The molecule has 0 aromatic rings. The fourth-order valence-corrected chi connectivity index (χ4v) is 1.98. The Morgan fingerprint density at radius 2 is 2.13 bits per heavy atom. The molecule has 0 bridgehead atoms. The standard InChI is InChI=1S/C13H20O2/c1-3-8-11(4-2)13(14)15-12-9-6-5-7-10-12/h1,11-12H,4-10H2,2H3. The summed E-state index contributed by atoms with van der Waals surface area (Å²) in [7, 11) is 0. The summed E-state index contributed by atoms with van der Waals surface area (Å²) in [6.07, 6.45) is 12.3. The minimum absolute atomic E-state index is 0.0950. The van der Waals surface area contributed by atoms with Gasteiger partial charge in [-0.2, -0.15) is 0 Å². The van der Waals surface area contributed by atoms with Gasteiger partial charge in [0.05, 0.1) is 5.92 Å². The van der Waals surface area contributed by atoms with Gasteiger partial charge in [0.25, 0.3) is 0 Å². The molecule has 0 saturated heterocycles. The molecule has 0 aromatic carbocycles. The summed E-state index contributed by atoms with van der Waals surface area (Å²) < 4.78 is 5.46. The van der Waals surface area contributed by atoms with Crippen molar-refractivity contribution in [3.05, 3.63) is 0 Å². The third-order valence-corrected chi connectivity index (χ3v) is 3.03. The largest absolute Gasteiger partial charge is 0.462 e. The first-order chi connectivity index (χ1) is 7.27. The Morgan fingerprint density at radius 3 is 2.67 bits per heavy atom. The summed E-state index contributed by atoms with van der Waals surface area (Å²) in [5.41, 5.74) is 0. The first kappa shape index (κ1) is 12.1. The van der Waals surface area contributed by atoms with Crippen molar-refractivity contribution in [2.75, 3.05) is 0 Å². The molecule has 1 aliphatic rings. The van der Waals surface area contributed by atoms with Gasteiger partial charge in [-0.05, 0) is 32.1 Å². The van der Waals surface area contributed by atoms with Gasteiger partial charge in [-0.1, -0.05) is 13.3 Å². The van der Waals surface area contributed by atoms with Crippen LogP contribution in [0.25, 0.3) is 0 Å². The summed E-state index contributed by atoms with van der Waals surface area (Å²) >= 11 is 0. The lowest BCUT2D eigenvalue weighted by Crippen LogP contribution is -2.25. The Kier molecular flexibility index (Phi) is 5.25. The van der Waals surface area contributed by atoms with Crippen molar-refractivity contribution in [3.63, 3.8) is 0 Å². The topological polar surface area (TPSA) is 26.3 Å². The molecule has 1 atom stereocenters. The maximum Gasteiger partial charge on any atom is 0.310 e. The molecule has 1 saturated carbocycles. The summed E-state index contributed by atoms with van der Waals surface area (Å²) in [6, 6.07) is 0. The van der Waals surface area contributed by atoms with Gasteiger partial charge in [-0.15, -0.1) is 12.3 Å². The van der Waals surface area contributed by atoms with E-state index in [1.54, 1.807) is 0 Å². The van der Waals surface area contributed by atoms with E-state index in [-0.39, 0.29) is 18.0 Å². The molecule has 1 fully saturated rings. The molecule has 15 heavy (non-hydrogen) atoms. The van der Waals surface area contributed by atoms with Crippen molar-refractivity contribution in [2.24, 2.45) is 5.92 Å². The smallest absolute Gasteiger partial charge is 0.310 e. The van der Waals surface area contributed by atoms with E-state index in [1.165, 1.54) is 19.3 Å². The zero-order valence-corrected chi connectivity index (χ0v) is 9.50. The van der Waals surface area contributed by atoms with Crippen LogP contribution < -0.4 is 0 Å². The van der Waals surface area contributed by atoms with Gasteiger partial charge in [-0.25, -0.2) is 0 Å². The summed E-state index contributed by atoms with van der Waals surface area (Å²) in [5.74, 6) is 2.34. The van der Waals surface area contributed by atoms with Crippen LogP contribution in [0.3, 0.4) is 0 Å². The van der Waals surface area contributed by atoms with E-state index in [4.69, 9.17) is 11.2 Å². The van der Waals surface area contributed by atoms with Crippen molar-refractivity contribution >= 4 is 5.97 Å². The van der Waals surface area contributed by atoms with Gasteiger partial charge >= 0.3 is 5.97 Å². The minimum atomic E-state index is -0.100. The molecule has 84 valence electrons. The molecule has 0 aromatic heterocycles. The predicted molar refractivity (Wildman–Crippen MR) is 60.2 cm³/mol. The quantitative estimate of drug-likeness (QED) is 0.524. The summed E-state index contributed by atoms with van der Waals surface area (Å²) in [5, 5.41) is 0.